The summed E-state index contributed by atoms with van der Waals surface area (Å²) in [4.78, 5) is 22.1. The topological polar surface area (TPSA) is 63.6 Å². The molecule has 0 atom stereocenters. The van der Waals surface area contributed by atoms with E-state index in [2.05, 4.69) is 13.8 Å². The lowest BCUT2D eigenvalue weighted by molar-refractivity contribution is -0.117. The summed E-state index contributed by atoms with van der Waals surface area (Å²) in [6, 6.07) is 7.85. The van der Waals surface area contributed by atoms with Crippen LogP contribution in [-0.4, -0.2) is 23.3 Å². The van der Waals surface area contributed by atoms with Crippen LogP contribution in [-0.2, 0) is 22.4 Å². The fourth-order valence-electron chi connectivity index (χ4n) is 2.98. The smallest absolute Gasteiger partial charge is 0.134 e. The highest BCUT2D eigenvalue weighted by atomic mass is 16.5. The number of ether oxygens (including phenoxy) is 1. The van der Waals surface area contributed by atoms with E-state index in [1.54, 1.807) is 6.92 Å². The second kappa shape index (κ2) is 14.4. The number of aromatic hydroxyl groups is 1. The third-order valence-electron chi connectivity index (χ3n) is 4.55. The number of carbonyl (C=O) groups excluding carboxylic acids is 2. The lowest BCUT2D eigenvalue weighted by Gasteiger charge is -2.14. The Hall–Kier alpha value is -2.62. The van der Waals surface area contributed by atoms with E-state index in [0.29, 0.717) is 19.4 Å². The van der Waals surface area contributed by atoms with E-state index in [0.717, 1.165) is 39.1 Å². The fourth-order valence-corrected chi connectivity index (χ4v) is 2.98. The number of rotatable bonds is 6. The average molecular weight is 429 g/mol. The van der Waals surface area contributed by atoms with Crippen LogP contribution in [0.3, 0.4) is 0 Å². The van der Waals surface area contributed by atoms with Crippen LogP contribution in [0.5, 0.6) is 11.5 Å². The van der Waals surface area contributed by atoms with Crippen LogP contribution >= 0.6 is 0 Å². The molecule has 0 bridgehead atoms. The van der Waals surface area contributed by atoms with Gasteiger partial charge in [-0.3, -0.25) is 9.59 Å². The second-order valence-electron chi connectivity index (χ2n) is 7.93. The zero-order chi connectivity index (χ0) is 24.1. The van der Waals surface area contributed by atoms with Crippen molar-refractivity contribution in [1.29, 1.82) is 0 Å². The van der Waals surface area contributed by atoms with Crippen molar-refractivity contribution in [1.82, 2.24) is 0 Å². The molecule has 4 nitrogen and oxygen atoms in total. The van der Waals surface area contributed by atoms with Crippen molar-refractivity contribution >= 4 is 11.6 Å². The molecule has 0 aliphatic heterocycles. The molecule has 0 heterocycles. The summed E-state index contributed by atoms with van der Waals surface area (Å²) < 4.78 is 5.60. The van der Waals surface area contributed by atoms with Gasteiger partial charge in [0, 0.05) is 24.0 Å². The minimum atomic E-state index is 0.0731. The Labute approximate surface area is 188 Å². The van der Waals surface area contributed by atoms with Crippen LogP contribution in [0.15, 0.2) is 24.3 Å². The number of carbonyl (C=O) groups is 2. The number of Topliss-reactive ketones (excluding diaryl/α,β-unsaturated/α-hetero) is 2. The first-order valence-electron chi connectivity index (χ1n) is 11.0. The lowest BCUT2D eigenvalue weighted by Crippen LogP contribution is -2.05. The van der Waals surface area contributed by atoms with Crippen LogP contribution in [0.4, 0.5) is 0 Å². The lowest BCUT2D eigenvalue weighted by atomic mass is 9.99. The van der Waals surface area contributed by atoms with Crippen molar-refractivity contribution in [2.75, 3.05) is 6.61 Å². The molecular weight excluding hydrogens is 388 g/mol. The molecule has 2 rings (SSSR count). The number of hydrogen-bond donors (Lipinski definition) is 1. The molecule has 4 heteroatoms. The summed E-state index contributed by atoms with van der Waals surface area (Å²) in [6.07, 6.45) is 2.03. The average Bonchev–Trinajstić information content (AvgIpc) is 2.68. The highest BCUT2D eigenvalue weighted by Gasteiger charge is 2.11. The number of phenols is 1. The monoisotopic (exact) mass is 428 g/mol. The minimum absolute atomic E-state index is 0.0731. The molecule has 172 valence electrons. The second-order valence-corrected chi connectivity index (χ2v) is 7.93. The van der Waals surface area contributed by atoms with Crippen molar-refractivity contribution in [3.63, 3.8) is 0 Å². The maximum Gasteiger partial charge on any atom is 0.134 e. The van der Waals surface area contributed by atoms with Gasteiger partial charge in [-0.25, -0.2) is 0 Å². The third-order valence-corrected chi connectivity index (χ3v) is 4.55. The number of hydrogen-bond acceptors (Lipinski definition) is 4. The Morgan fingerprint density at radius 3 is 1.58 bits per heavy atom. The van der Waals surface area contributed by atoms with Gasteiger partial charge < -0.3 is 9.84 Å². The van der Waals surface area contributed by atoms with Gasteiger partial charge in [-0.1, -0.05) is 44.5 Å². The number of aryl methyl sites for hydroxylation is 4. The molecule has 0 saturated heterocycles. The Morgan fingerprint density at radius 1 is 0.742 bits per heavy atom. The van der Waals surface area contributed by atoms with Crippen LogP contribution in [0.2, 0.25) is 0 Å². The summed E-state index contributed by atoms with van der Waals surface area (Å²) in [5.41, 5.74) is 5.80. The van der Waals surface area contributed by atoms with E-state index >= 15 is 0 Å². The van der Waals surface area contributed by atoms with Crippen molar-refractivity contribution in [3.8, 4) is 11.5 Å². The maximum atomic E-state index is 11.2. The normalized spacial score (nSPS) is 9.71. The quantitative estimate of drug-likeness (QED) is 0.579. The maximum absolute atomic E-state index is 11.2. The van der Waals surface area contributed by atoms with Gasteiger partial charge in [0.05, 0.1) is 6.61 Å². The number of ketones is 2. The number of benzene rings is 2. The SMILES string of the molecule is CC(=O)Cc1c(C)ccc(C)c1O.CCC.CCOc1c(C)ccc(C)c1CC(C)=O. The largest absolute Gasteiger partial charge is 0.507 e. The minimum Gasteiger partial charge on any atom is -0.507 e. The standard InChI is InChI=1S/C13H18O2.C11H14O2.C3H8/c1-5-15-13-10(3)7-6-9(2)12(13)8-11(4)14;1-7-4-5-8(2)11(13)10(7)6-9(3)12;1-3-2/h6-7H,5,8H2,1-4H3;4-5,13H,6H2,1-3H3;3H2,1-2H3. The van der Waals surface area contributed by atoms with E-state index in [-0.39, 0.29) is 17.3 Å². The molecule has 0 spiro atoms. The predicted molar refractivity (Wildman–Crippen MR) is 129 cm³/mol. The Kier molecular flexibility index (Phi) is 13.2. The predicted octanol–water partition coefficient (Wildman–Crippen LogP) is 6.39. The van der Waals surface area contributed by atoms with Gasteiger partial charge in [-0.2, -0.15) is 0 Å². The van der Waals surface area contributed by atoms with E-state index in [1.165, 1.54) is 13.3 Å². The van der Waals surface area contributed by atoms with E-state index in [9.17, 15) is 14.7 Å². The van der Waals surface area contributed by atoms with Gasteiger partial charge in [0.25, 0.3) is 0 Å². The first-order chi connectivity index (χ1) is 14.5. The van der Waals surface area contributed by atoms with Crippen molar-refractivity contribution in [2.45, 2.75) is 81.6 Å². The molecule has 0 aromatic heterocycles. The molecule has 0 aliphatic rings. The van der Waals surface area contributed by atoms with Gasteiger partial charge in [0.1, 0.15) is 23.1 Å². The van der Waals surface area contributed by atoms with E-state index in [4.69, 9.17) is 4.74 Å². The van der Waals surface area contributed by atoms with Crippen molar-refractivity contribution in [3.05, 3.63) is 57.6 Å². The fraction of sp³-hybridized carbons (Fsp3) is 0.481. The zero-order valence-corrected chi connectivity index (χ0v) is 20.8. The molecule has 0 unspecified atom stereocenters. The molecule has 0 fully saturated rings. The van der Waals surface area contributed by atoms with Crippen molar-refractivity contribution in [2.24, 2.45) is 0 Å². The van der Waals surface area contributed by atoms with Gasteiger partial charge >= 0.3 is 0 Å². The summed E-state index contributed by atoms with van der Waals surface area (Å²) in [5, 5.41) is 9.68. The summed E-state index contributed by atoms with van der Waals surface area (Å²) in [7, 11) is 0. The van der Waals surface area contributed by atoms with Gasteiger partial charge in [-0.15, -0.1) is 0 Å². The van der Waals surface area contributed by atoms with Gasteiger partial charge in [-0.05, 0) is 70.7 Å². The Balaban J connectivity index is 0.000000519. The van der Waals surface area contributed by atoms with E-state index < -0.39 is 0 Å². The summed E-state index contributed by atoms with van der Waals surface area (Å²) in [5.74, 6) is 1.39. The highest BCUT2D eigenvalue weighted by molar-refractivity contribution is 5.80. The molecule has 2 aromatic carbocycles. The Bertz CT molecular complexity index is 866. The van der Waals surface area contributed by atoms with Crippen LogP contribution in [0.1, 0.15) is 74.4 Å². The number of phenolic OH excluding ortho intramolecular Hbond substituents is 1. The third kappa shape index (κ3) is 9.82. The molecule has 0 aliphatic carbocycles. The van der Waals surface area contributed by atoms with Crippen LogP contribution < -0.4 is 4.74 Å². The van der Waals surface area contributed by atoms with Gasteiger partial charge in [0.2, 0.25) is 0 Å². The van der Waals surface area contributed by atoms with Crippen LogP contribution in [0, 0.1) is 27.7 Å². The molecule has 0 amide bonds. The molecule has 2 aromatic rings. The van der Waals surface area contributed by atoms with Gasteiger partial charge in [0.15, 0.2) is 0 Å². The molecule has 1 N–H and O–H groups in total. The highest BCUT2D eigenvalue weighted by Crippen LogP contribution is 2.27. The Morgan fingerprint density at radius 2 is 1.13 bits per heavy atom. The molecule has 0 radical (unpaired) electrons. The van der Waals surface area contributed by atoms with Crippen molar-refractivity contribution < 1.29 is 19.4 Å². The molecule has 31 heavy (non-hydrogen) atoms. The first kappa shape index (κ1) is 28.4. The molecular formula is C27H40O4. The first-order valence-corrected chi connectivity index (χ1v) is 11.0. The summed E-state index contributed by atoms with van der Waals surface area (Å²) in [6.45, 7) is 17.7. The van der Waals surface area contributed by atoms with E-state index in [1.807, 2.05) is 58.9 Å². The zero-order valence-electron chi connectivity index (χ0n) is 20.8. The summed E-state index contributed by atoms with van der Waals surface area (Å²) >= 11 is 0. The molecule has 0 saturated carbocycles. The van der Waals surface area contributed by atoms with Crippen LogP contribution in [0.25, 0.3) is 0 Å².